The molecule has 7 nitrogen and oxygen atoms in total. The molecule has 172 valence electrons. The van der Waals surface area contributed by atoms with Gasteiger partial charge in [0.15, 0.2) is 11.5 Å². The molecule has 0 saturated carbocycles. The van der Waals surface area contributed by atoms with Gasteiger partial charge in [-0.15, -0.1) is 0 Å². The van der Waals surface area contributed by atoms with E-state index in [4.69, 9.17) is 9.47 Å². The molecule has 1 atom stereocenters. The average Bonchev–Trinajstić information content (AvgIpc) is 2.86. The van der Waals surface area contributed by atoms with Crippen LogP contribution in [0.2, 0.25) is 0 Å². The maximum Gasteiger partial charge on any atom is 0.242 e. The van der Waals surface area contributed by atoms with E-state index < -0.39 is 6.04 Å². The molecule has 0 fully saturated rings. The molecule has 0 aliphatic carbocycles. The van der Waals surface area contributed by atoms with Crippen molar-refractivity contribution in [3.05, 3.63) is 89.7 Å². The zero-order chi connectivity index (χ0) is 23.6. The largest absolute Gasteiger partial charge is 0.493 e. The average molecular weight is 448 g/mol. The Kier molecular flexibility index (Phi) is 8.41. The van der Waals surface area contributed by atoms with Crippen molar-refractivity contribution in [2.45, 2.75) is 32.5 Å². The van der Waals surface area contributed by atoms with E-state index in [9.17, 15) is 9.59 Å². The van der Waals surface area contributed by atoms with Crippen LogP contribution in [0.1, 0.15) is 23.6 Å². The molecule has 1 N–H and O–H groups in total. The van der Waals surface area contributed by atoms with Crippen LogP contribution in [0.15, 0.2) is 73.1 Å². The summed E-state index contributed by atoms with van der Waals surface area (Å²) in [5, 5.41) is 2.92. The lowest BCUT2D eigenvalue weighted by Crippen LogP contribution is -2.48. The van der Waals surface area contributed by atoms with Gasteiger partial charge in [0, 0.05) is 25.5 Å². The van der Waals surface area contributed by atoms with Crippen LogP contribution in [0.5, 0.6) is 11.5 Å². The van der Waals surface area contributed by atoms with Crippen LogP contribution in [0.3, 0.4) is 0 Å². The second-order valence-electron chi connectivity index (χ2n) is 7.62. The summed E-state index contributed by atoms with van der Waals surface area (Å²) in [5.41, 5.74) is 2.67. The van der Waals surface area contributed by atoms with Gasteiger partial charge >= 0.3 is 0 Å². The van der Waals surface area contributed by atoms with E-state index in [1.54, 1.807) is 50.6 Å². The van der Waals surface area contributed by atoms with Gasteiger partial charge in [-0.1, -0.05) is 36.4 Å². The van der Waals surface area contributed by atoms with E-state index in [0.29, 0.717) is 24.6 Å². The van der Waals surface area contributed by atoms with Crippen LogP contribution in [-0.2, 0) is 29.1 Å². The van der Waals surface area contributed by atoms with Crippen molar-refractivity contribution in [1.29, 1.82) is 0 Å². The minimum Gasteiger partial charge on any atom is -0.493 e. The number of pyridine rings is 1. The Morgan fingerprint density at radius 3 is 2.27 bits per heavy atom. The number of hydrogen-bond acceptors (Lipinski definition) is 5. The Morgan fingerprint density at radius 2 is 1.61 bits per heavy atom. The van der Waals surface area contributed by atoms with Crippen LogP contribution in [0.4, 0.5) is 0 Å². The van der Waals surface area contributed by atoms with Gasteiger partial charge in [0.2, 0.25) is 11.8 Å². The Morgan fingerprint density at radius 1 is 0.909 bits per heavy atom. The molecule has 0 radical (unpaired) electrons. The predicted octanol–water partition coefficient (Wildman–Crippen LogP) is 3.38. The minimum atomic E-state index is -0.653. The number of nitrogens with one attached hydrogen (secondary N) is 1. The molecule has 3 rings (SSSR count). The van der Waals surface area contributed by atoms with Gasteiger partial charge in [0.1, 0.15) is 6.04 Å². The van der Waals surface area contributed by atoms with E-state index >= 15 is 0 Å². The van der Waals surface area contributed by atoms with Crippen molar-refractivity contribution < 1.29 is 19.1 Å². The number of carbonyl (C=O) groups is 2. The van der Waals surface area contributed by atoms with Gasteiger partial charge in [-0.3, -0.25) is 14.6 Å². The first-order valence-corrected chi connectivity index (χ1v) is 10.7. The Bertz CT molecular complexity index is 1060. The fourth-order valence-corrected chi connectivity index (χ4v) is 3.47. The summed E-state index contributed by atoms with van der Waals surface area (Å²) in [6.07, 6.45) is 3.49. The first kappa shape index (κ1) is 23.8. The number of methoxy groups -OCH3 is 2. The SMILES string of the molecule is COc1ccc(CC(=O)N(Cc2ccccc2)[C@@H](C)C(=O)NCc2ccncc2)cc1OC. The summed E-state index contributed by atoms with van der Waals surface area (Å²) in [6, 6.07) is 18.1. The molecule has 3 aromatic rings. The van der Waals surface area contributed by atoms with Gasteiger partial charge in [0.25, 0.3) is 0 Å². The number of carbonyl (C=O) groups excluding carboxylic acids is 2. The summed E-state index contributed by atoms with van der Waals surface area (Å²) in [5.74, 6) is 0.778. The monoisotopic (exact) mass is 447 g/mol. The fraction of sp³-hybridized carbons (Fsp3) is 0.269. The third-order valence-electron chi connectivity index (χ3n) is 5.38. The fourth-order valence-electron chi connectivity index (χ4n) is 3.47. The molecule has 0 aliphatic heterocycles. The number of benzene rings is 2. The molecule has 0 unspecified atom stereocenters. The van der Waals surface area contributed by atoms with Crippen molar-refractivity contribution >= 4 is 11.8 Å². The zero-order valence-electron chi connectivity index (χ0n) is 19.2. The maximum absolute atomic E-state index is 13.4. The van der Waals surface area contributed by atoms with Gasteiger partial charge in [-0.05, 0) is 47.9 Å². The molecular weight excluding hydrogens is 418 g/mol. The van der Waals surface area contributed by atoms with E-state index in [2.05, 4.69) is 10.3 Å². The smallest absolute Gasteiger partial charge is 0.242 e. The van der Waals surface area contributed by atoms with E-state index in [1.807, 2.05) is 48.5 Å². The summed E-state index contributed by atoms with van der Waals surface area (Å²) in [4.78, 5) is 31.9. The normalized spacial score (nSPS) is 11.4. The molecule has 0 bridgehead atoms. The topological polar surface area (TPSA) is 80.8 Å². The standard InChI is InChI=1S/C26H29N3O4/c1-19(26(31)28-17-20-11-13-27-14-12-20)29(18-21-7-5-4-6-8-21)25(30)16-22-9-10-23(32-2)24(15-22)33-3/h4-15,19H,16-18H2,1-3H3,(H,28,31)/t19-/m0/s1. The molecule has 0 aliphatic rings. The second kappa shape index (κ2) is 11.7. The van der Waals surface area contributed by atoms with E-state index in [-0.39, 0.29) is 18.2 Å². The third-order valence-corrected chi connectivity index (χ3v) is 5.38. The maximum atomic E-state index is 13.4. The van der Waals surface area contributed by atoms with Crippen LogP contribution in [0.25, 0.3) is 0 Å². The summed E-state index contributed by atoms with van der Waals surface area (Å²) < 4.78 is 10.6. The van der Waals surface area contributed by atoms with Crippen molar-refractivity contribution in [2.24, 2.45) is 0 Å². The van der Waals surface area contributed by atoms with Crippen LogP contribution < -0.4 is 14.8 Å². The quantitative estimate of drug-likeness (QED) is 0.515. The molecule has 0 saturated heterocycles. The van der Waals surface area contributed by atoms with Crippen molar-refractivity contribution in [3.8, 4) is 11.5 Å². The lowest BCUT2D eigenvalue weighted by molar-refractivity contribution is -0.140. The molecule has 0 spiro atoms. The Labute approximate surface area is 194 Å². The Balaban J connectivity index is 1.76. The first-order valence-electron chi connectivity index (χ1n) is 10.7. The summed E-state index contributed by atoms with van der Waals surface area (Å²) >= 11 is 0. The van der Waals surface area contributed by atoms with Crippen LogP contribution in [0, 0.1) is 0 Å². The number of amides is 2. The molecule has 1 aromatic heterocycles. The molecular formula is C26H29N3O4. The van der Waals surface area contributed by atoms with E-state index in [1.165, 1.54) is 0 Å². The highest BCUT2D eigenvalue weighted by atomic mass is 16.5. The van der Waals surface area contributed by atoms with Gasteiger partial charge in [-0.25, -0.2) is 0 Å². The zero-order valence-corrected chi connectivity index (χ0v) is 19.2. The highest BCUT2D eigenvalue weighted by Crippen LogP contribution is 2.28. The number of hydrogen-bond donors (Lipinski definition) is 1. The van der Waals surface area contributed by atoms with Crippen molar-refractivity contribution in [3.63, 3.8) is 0 Å². The Hall–Kier alpha value is -3.87. The van der Waals surface area contributed by atoms with Crippen molar-refractivity contribution in [2.75, 3.05) is 14.2 Å². The van der Waals surface area contributed by atoms with Crippen molar-refractivity contribution in [1.82, 2.24) is 15.2 Å². The minimum absolute atomic E-state index is 0.134. The highest BCUT2D eigenvalue weighted by Gasteiger charge is 2.26. The van der Waals surface area contributed by atoms with E-state index in [0.717, 1.165) is 16.7 Å². The number of ether oxygens (including phenoxy) is 2. The van der Waals surface area contributed by atoms with Gasteiger partial charge in [0.05, 0.1) is 20.6 Å². The molecule has 33 heavy (non-hydrogen) atoms. The molecule has 2 amide bonds. The highest BCUT2D eigenvalue weighted by molar-refractivity contribution is 5.88. The molecule has 2 aromatic carbocycles. The lowest BCUT2D eigenvalue weighted by Gasteiger charge is -2.29. The van der Waals surface area contributed by atoms with Crippen LogP contribution in [-0.4, -0.2) is 42.0 Å². The summed E-state index contributed by atoms with van der Waals surface area (Å²) in [6.45, 7) is 2.45. The lowest BCUT2D eigenvalue weighted by atomic mass is 10.1. The second-order valence-corrected chi connectivity index (χ2v) is 7.62. The number of nitrogens with zero attached hydrogens (tertiary/aromatic N) is 2. The molecule has 1 heterocycles. The van der Waals surface area contributed by atoms with Gasteiger partial charge in [-0.2, -0.15) is 0 Å². The third kappa shape index (κ3) is 6.55. The summed E-state index contributed by atoms with van der Waals surface area (Å²) in [7, 11) is 3.12. The van der Waals surface area contributed by atoms with Crippen LogP contribution >= 0.6 is 0 Å². The predicted molar refractivity (Wildman–Crippen MR) is 126 cm³/mol. The number of aromatic nitrogens is 1. The first-order chi connectivity index (χ1) is 16.0. The molecule has 7 heteroatoms. The number of rotatable bonds is 10. The van der Waals surface area contributed by atoms with Gasteiger partial charge < -0.3 is 19.7 Å².